The van der Waals surface area contributed by atoms with Gasteiger partial charge in [0.2, 0.25) is 11.8 Å². The van der Waals surface area contributed by atoms with E-state index in [9.17, 15) is 9.59 Å². The number of hydrogen-bond donors (Lipinski definition) is 2. The van der Waals surface area contributed by atoms with Crippen LogP contribution in [0.1, 0.15) is 37.7 Å². The number of carbonyl (C=O) groups excluding carboxylic acids is 2. The molecule has 1 saturated heterocycles. The van der Waals surface area contributed by atoms with E-state index in [0.29, 0.717) is 12.8 Å². The zero-order valence-electron chi connectivity index (χ0n) is 14.3. The molecule has 24 heavy (non-hydrogen) atoms. The van der Waals surface area contributed by atoms with Crippen molar-refractivity contribution in [3.8, 4) is 0 Å². The molecule has 1 heterocycles. The molecule has 5 nitrogen and oxygen atoms in total. The zero-order valence-corrected chi connectivity index (χ0v) is 15.2. The first kappa shape index (κ1) is 20.5. The van der Waals surface area contributed by atoms with Gasteiger partial charge >= 0.3 is 0 Å². The van der Waals surface area contributed by atoms with Crippen molar-refractivity contribution >= 4 is 29.9 Å². The lowest BCUT2D eigenvalue weighted by molar-refractivity contribution is -0.130. The van der Waals surface area contributed by atoms with Crippen molar-refractivity contribution in [2.45, 2.75) is 38.5 Å². The van der Waals surface area contributed by atoms with E-state index in [4.69, 9.17) is 0 Å². The summed E-state index contributed by atoms with van der Waals surface area (Å²) in [7, 11) is 1.88. The second-order valence-corrected chi connectivity index (χ2v) is 6.04. The average molecular weight is 354 g/mol. The van der Waals surface area contributed by atoms with Crippen molar-refractivity contribution < 1.29 is 9.59 Å². The molecule has 1 aliphatic rings. The van der Waals surface area contributed by atoms with Crippen LogP contribution in [0.25, 0.3) is 0 Å². The Morgan fingerprint density at radius 3 is 2.38 bits per heavy atom. The number of rotatable bonds is 8. The normalized spacial score (nSPS) is 13.5. The summed E-state index contributed by atoms with van der Waals surface area (Å²) in [5.41, 5.74) is 1.94. The lowest BCUT2D eigenvalue weighted by atomic mass is 10.1. The molecule has 2 amide bonds. The van der Waals surface area contributed by atoms with E-state index in [0.717, 1.165) is 56.6 Å². The summed E-state index contributed by atoms with van der Waals surface area (Å²) in [6.45, 7) is 2.67. The Kier molecular flexibility index (Phi) is 9.42. The maximum atomic E-state index is 12.0. The van der Waals surface area contributed by atoms with Gasteiger partial charge in [-0.05, 0) is 57.0 Å². The van der Waals surface area contributed by atoms with Crippen LogP contribution in [0.2, 0.25) is 0 Å². The summed E-state index contributed by atoms with van der Waals surface area (Å²) < 4.78 is 0. The van der Waals surface area contributed by atoms with Crippen molar-refractivity contribution in [2.24, 2.45) is 0 Å². The Hall–Kier alpha value is -1.59. The molecule has 2 N–H and O–H groups in total. The van der Waals surface area contributed by atoms with Gasteiger partial charge < -0.3 is 15.5 Å². The topological polar surface area (TPSA) is 61.4 Å². The Morgan fingerprint density at radius 1 is 1.08 bits per heavy atom. The summed E-state index contributed by atoms with van der Waals surface area (Å²) in [5, 5.41) is 5.92. The number of nitrogens with zero attached hydrogens (tertiary/aromatic N) is 1. The first-order valence-corrected chi connectivity index (χ1v) is 8.50. The van der Waals surface area contributed by atoms with Gasteiger partial charge in [-0.2, -0.15) is 0 Å². The van der Waals surface area contributed by atoms with Gasteiger partial charge in [-0.3, -0.25) is 9.59 Å². The smallest absolute Gasteiger partial charge is 0.224 e. The van der Waals surface area contributed by atoms with Crippen LogP contribution in [-0.4, -0.2) is 43.4 Å². The molecule has 0 aliphatic carbocycles. The average Bonchev–Trinajstić information content (AvgIpc) is 3.09. The fourth-order valence-corrected chi connectivity index (χ4v) is 2.78. The number of hydrogen-bond acceptors (Lipinski definition) is 3. The molecule has 6 heteroatoms. The lowest BCUT2D eigenvalue weighted by Crippen LogP contribution is -2.27. The van der Waals surface area contributed by atoms with Gasteiger partial charge in [0.05, 0.1) is 0 Å². The SMILES string of the molecule is CNCCCC(=O)Nc1ccc(CCC(=O)N2CCCC2)cc1.Cl. The lowest BCUT2D eigenvalue weighted by Gasteiger charge is -2.15. The number of nitrogens with one attached hydrogen (secondary N) is 2. The summed E-state index contributed by atoms with van der Waals surface area (Å²) >= 11 is 0. The molecule has 0 aromatic heterocycles. The Labute approximate surface area is 150 Å². The van der Waals surface area contributed by atoms with Crippen LogP contribution in [0.15, 0.2) is 24.3 Å². The van der Waals surface area contributed by atoms with Crippen LogP contribution in [-0.2, 0) is 16.0 Å². The third-order valence-electron chi connectivity index (χ3n) is 4.15. The standard InChI is InChI=1S/C18H27N3O2.ClH/c1-19-12-4-5-17(22)20-16-9-6-15(7-10-16)8-11-18(23)21-13-2-3-14-21;/h6-7,9-10,19H,2-5,8,11-14H2,1H3,(H,20,22);1H. The van der Waals surface area contributed by atoms with Crippen LogP contribution in [0.3, 0.4) is 0 Å². The second kappa shape index (κ2) is 11.0. The number of anilines is 1. The van der Waals surface area contributed by atoms with Gasteiger partial charge in [0.15, 0.2) is 0 Å². The van der Waals surface area contributed by atoms with Crippen molar-refractivity contribution in [3.05, 3.63) is 29.8 Å². The number of carbonyl (C=O) groups is 2. The Balaban J connectivity index is 0.00000288. The maximum Gasteiger partial charge on any atom is 0.224 e. The number of benzene rings is 1. The van der Waals surface area contributed by atoms with Crippen LogP contribution in [0.5, 0.6) is 0 Å². The second-order valence-electron chi connectivity index (χ2n) is 6.04. The van der Waals surface area contributed by atoms with E-state index in [2.05, 4.69) is 10.6 Å². The van der Waals surface area contributed by atoms with E-state index < -0.39 is 0 Å². The minimum absolute atomic E-state index is 0. The third-order valence-corrected chi connectivity index (χ3v) is 4.15. The van der Waals surface area contributed by atoms with Gasteiger partial charge in [-0.25, -0.2) is 0 Å². The minimum atomic E-state index is 0. The highest BCUT2D eigenvalue weighted by Gasteiger charge is 2.17. The first-order chi connectivity index (χ1) is 11.2. The highest BCUT2D eigenvalue weighted by Crippen LogP contribution is 2.14. The Bertz CT molecular complexity index is 514. The molecule has 1 aromatic carbocycles. The van der Waals surface area contributed by atoms with Crippen molar-refractivity contribution in [1.29, 1.82) is 0 Å². The molecule has 0 saturated carbocycles. The van der Waals surface area contributed by atoms with Gasteiger partial charge in [0.1, 0.15) is 0 Å². The quantitative estimate of drug-likeness (QED) is 0.706. The van der Waals surface area contributed by atoms with Crippen LogP contribution < -0.4 is 10.6 Å². The van der Waals surface area contributed by atoms with Crippen LogP contribution in [0, 0.1) is 0 Å². The minimum Gasteiger partial charge on any atom is -0.343 e. The number of halogens is 1. The molecule has 0 bridgehead atoms. The maximum absolute atomic E-state index is 12.0. The molecule has 0 spiro atoms. The van der Waals surface area contributed by atoms with E-state index in [1.165, 1.54) is 0 Å². The van der Waals surface area contributed by atoms with E-state index >= 15 is 0 Å². The third kappa shape index (κ3) is 6.89. The predicted octanol–water partition coefficient (Wildman–Crippen LogP) is 2.60. The molecule has 134 valence electrons. The summed E-state index contributed by atoms with van der Waals surface area (Å²) in [5.74, 6) is 0.293. The predicted molar refractivity (Wildman–Crippen MR) is 99.6 cm³/mol. The molecule has 0 unspecified atom stereocenters. The molecule has 2 rings (SSSR count). The highest BCUT2D eigenvalue weighted by atomic mass is 35.5. The first-order valence-electron chi connectivity index (χ1n) is 8.50. The van der Waals surface area contributed by atoms with Crippen molar-refractivity contribution in [3.63, 3.8) is 0 Å². The van der Waals surface area contributed by atoms with Gasteiger partial charge in [-0.1, -0.05) is 12.1 Å². The number of amides is 2. The van der Waals surface area contributed by atoms with E-state index in [1.807, 2.05) is 36.2 Å². The van der Waals surface area contributed by atoms with Gasteiger partial charge in [0, 0.05) is 31.6 Å². The highest BCUT2D eigenvalue weighted by molar-refractivity contribution is 5.90. The van der Waals surface area contributed by atoms with E-state index in [1.54, 1.807) is 0 Å². The fourth-order valence-electron chi connectivity index (χ4n) is 2.78. The van der Waals surface area contributed by atoms with Gasteiger partial charge in [-0.15, -0.1) is 12.4 Å². The van der Waals surface area contributed by atoms with E-state index in [-0.39, 0.29) is 24.2 Å². The summed E-state index contributed by atoms with van der Waals surface area (Å²) in [4.78, 5) is 25.7. The molecule has 1 aromatic rings. The van der Waals surface area contributed by atoms with Crippen LogP contribution in [0.4, 0.5) is 5.69 Å². The molecule has 1 aliphatic heterocycles. The monoisotopic (exact) mass is 353 g/mol. The summed E-state index contributed by atoms with van der Waals surface area (Å²) in [6.07, 6.45) is 4.94. The number of aryl methyl sites for hydroxylation is 1. The van der Waals surface area contributed by atoms with Crippen molar-refractivity contribution in [2.75, 3.05) is 32.0 Å². The fraction of sp³-hybridized carbons (Fsp3) is 0.556. The van der Waals surface area contributed by atoms with Gasteiger partial charge in [0.25, 0.3) is 0 Å². The molecular formula is C18H28ClN3O2. The molecule has 0 atom stereocenters. The largest absolute Gasteiger partial charge is 0.343 e. The number of likely N-dealkylation sites (tertiary alicyclic amines) is 1. The summed E-state index contributed by atoms with van der Waals surface area (Å²) in [6, 6.07) is 7.79. The Morgan fingerprint density at radius 2 is 1.75 bits per heavy atom. The zero-order chi connectivity index (χ0) is 16.5. The molecule has 0 radical (unpaired) electrons. The van der Waals surface area contributed by atoms with Crippen molar-refractivity contribution in [1.82, 2.24) is 10.2 Å². The van der Waals surface area contributed by atoms with Crippen LogP contribution >= 0.6 is 12.4 Å². The molecule has 1 fully saturated rings. The molecular weight excluding hydrogens is 326 g/mol.